The van der Waals surface area contributed by atoms with Gasteiger partial charge in [0.25, 0.3) is 0 Å². The van der Waals surface area contributed by atoms with Crippen molar-refractivity contribution in [3.8, 4) is 0 Å². The van der Waals surface area contributed by atoms with Crippen LogP contribution >= 0.6 is 11.8 Å². The van der Waals surface area contributed by atoms with Crippen molar-refractivity contribution in [1.29, 1.82) is 0 Å². The van der Waals surface area contributed by atoms with Gasteiger partial charge in [-0.15, -0.1) is 0 Å². The van der Waals surface area contributed by atoms with Crippen LogP contribution in [0.2, 0.25) is 0 Å². The molecule has 0 saturated carbocycles. The first kappa shape index (κ1) is 15.7. The first-order valence-corrected chi connectivity index (χ1v) is 8.30. The fourth-order valence-corrected chi connectivity index (χ4v) is 3.05. The summed E-state index contributed by atoms with van der Waals surface area (Å²) in [6.07, 6.45) is 0.851. The van der Waals surface area contributed by atoms with Gasteiger partial charge in [-0.1, -0.05) is 12.1 Å². The van der Waals surface area contributed by atoms with E-state index in [1.165, 1.54) is 12.5 Å². The van der Waals surface area contributed by atoms with Crippen molar-refractivity contribution >= 4 is 29.3 Å². The lowest BCUT2D eigenvalue weighted by atomic mass is 10.1. The van der Waals surface area contributed by atoms with Gasteiger partial charge in [0.05, 0.1) is 0 Å². The summed E-state index contributed by atoms with van der Waals surface area (Å²) in [4.78, 5) is 17.6. The van der Waals surface area contributed by atoms with Crippen LogP contribution in [-0.2, 0) is 11.2 Å². The monoisotopic (exact) mass is 306 g/mol. The maximum atomic E-state index is 10.9. The van der Waals surface area contributed by atoms with Crippen LogP contribution in [0.5, 0.6) is 0 Å². The number of hydrogen-bond acceptors (Lipinski definition) is 3. The van der Waals surface area contributed by atoms with E-state index in [2.05, 4.69) is 15.2 Å². The second-order valence-corrected chi connectivity index (χ2v) is 6.19. The van der Waals surface area contributed by atoms with Crippen molar-refractivity contribution in [3.63, 3.8) is 0 Å². The van der Waals surface area contributed by atoms with E-state index in [0.717, 1.165) is 36.7 Å². The third-order valence-corrected chi connectivity index (χ3v) is 4.23. The lowest BCUT2D eigenvalue weighted by Crippen LogP contribution is -2.42. The van der Waals surface area contributed by atoms with Gasteiger partial charge in [-0.2, -0.15) is 11.8 Å². The topological polar surface area (TPSA) is 70.7 Å². The number of amides is 1. The molecule has 1 aromatic rings. The lowest BCUT2D eigenvalue weighted by molar-refractivity contribution is -0.114. The normalized spacial score (nSPS) is 15.9. The van der Waals surface area contributed by atoms with Gasteiger partial charge in [0.15, 0.2) is 5.96 Å². The fraction of sp³-hybridized carbons (Fsp3) is 0.467. The minimum atomic E-state index is -0.0557. The Morgan fingerprint density at radius 3 is 2.62 bits per heavy atom. The van der Waals surface area contributed by atoms with Crippen molar-refractivity contribution in [2.75, 3.05) is 36.5 Å². The summed E-state index contributed by atoms with van der Waals surface area (Å²) < 4.78 is 0. The predicted molar refractivity (Wildman–Crippen MR) is 89.8 cm³/mol. The van der Waals surface area contributed by atoms with Crippen LogP contribution in [0, 0.1) is 0 Å². The largest absolute Gasteiger partial charge is 0.370 e. The molecule has 1 saturated heterocycles. The van der Waals surface area contributed by atoms with Crippen molar-refractivity contribution in [2.24, 2.45) is 10.7 Å². The molecule has 0 atom stereocenters. The predicted octanol–water partition coefficient (Wildman–Crippen LogP) is 1.55. The van der Waals surface area contributed by atoms with E-state index in [1.54, 1.807) is 0 Å². The molecule has 2 rings (SSSR count). The molecular formula is C15H22N4OS. The van der Waals surface area contributed by atoms with Gasteiger partial charge in [0.2, 0.25) is 5.91 Å². The molecule has 0 bridgehead atoms. The maximum absolute atomic E-state index is 10.9. The van der Waals surface area contributed by atoms with Gasteiger partial charge in [0, 0.05) is 43.8 Å². The molecule has 0 aliphatic carbocycles. The van der Waals surface area contributed by atoms with Gasteiger partial charge in [0.1, 0.15) is 0 Å². The molecule has 1 aliphatic rings. The quantitative estimate of drug-likeness (QED) is 0.654. The van der Waals surface area contributed by atoms with Gasteiger partial charge in [-0.3, -0.25) is 9.79 Å². The van der Waals surface area contributed by atoms with Crippen LogP contribution in [-0.4, -0.2) is 47.9 Å². The van der Waals surface area contributed by atoms with Crippen molar-refractivity contribution < 1.29 is 4.79 Å². The Balaban J connectivity index is 1.80. The molecular weight excluding hydrogens is 284 g/mol. The number of aliphatic imine (C=N–C) groups is 1. The Labute approximate surface area is 130 Å². The highest BCUT2D eigenvalue weighted by atomic mass is 32.2. The summed E-state index contributed by atoms with van der Waals surface area (Å²) in [6.45, 7) is 4.18. The van der Waals surface area contributed by atoms with Gasteiger partial charge in [-0.25, -0.2) is 0 Å². The van der Waals surface area contributed by atoms with E-state index in [0.29, 0.717) is 12.5 Å². The molecule has 0 spiro atoms. The fourth-order valence-electron chi connectivity index (χ4n) is 2.15. The maximum Gasteiger partial charge on any atom is 0.221 e. The summed E-state index contributed by atoms with van der Waals surface area (Å²) in [6, 6.07) is 7.83. The molecule has 0 aromatic heterocycles. The zero-order valence-corrected chi connectivity index (χ0v) is 13.2. The third kappa shape index (κ3) is 5.30. The van der Waals surface area contributed by atoms with Gasteiger partial charge < -0.3 is 16.0 Å². The summed E-state index contributed by atoms with van der Waals surface area (Å²) in [5.41, 5.74) is 8.02. The van der Waals surface area contributed by atoms with E-state index in [-0.39, 0.29) is 5.91 Å². The van der Waals surface area contributed by atoms with Crippen LogP contribution in [0.4, 0.5) is 5.69 Å². The zero-order chi connectivity index (χ0) is 15.1. The third-order valence-electron chi connectivity index (χ3n) is 3.28. The number of carbonyl (C=O) groups excluding carboxylic acids is 1. The van der Waals surface area contributed by atoms with Gasteiger partial charge in [-0.05, 0) is 24.1 Å². The van der Waals surface area contributed by atoms with Crippen molar-refractivity contribution in [3.05, 3.63) is 29.8 Å². The second kappa shape index (κ2) is 7.93. The highest BCUT2D eigenvalue weighted by Crippen LogP contribution is 2.11. The number of carbonyl (C=O) groups is 1. The molecule has 0 unspecified atom stereocenters. The molecule has 3 N–H and O–H groups in total. The number of hydrogen-bond donors (Lipinski definition) is 2. The average molecular weight is 306 g/mol. The highest BCUT2D eigenvalue weighted by Gasteiger charge is 2.11. The molecule has 1 fully saturated rings. The number of rotatable bonds is 4. The number of nitrogens with two attached hydrogens (primary N) is 1. The molecule has 1 heterocycles. The number of anilines is 1. The Hall–Kier alpha value is -1.69. The first-order valence-electron chi connectivity index (χ1n) is 7.14. The van der Waals surface area contributed by atoms with Gasteiger partial charge >= 0.3 is 0 Å². The molecule has 1 aromatic carbocycles. The second-order valence-electron chi connectivity index (χ2n) is 4.97. The summed E-state index contributed by atoms with van der Waals surface area (Å²) in [5, 5.41) is 2.75. The van der Waals surface area contributed by atoms with E-state index in [9.17, 15) is 4.79 Å². The van der Waals surface area contributed by atoms with E-state index in [4.69, 9.17) is 5.73 Å². The number of thioether (sulfide) groups is 1. The standard InChI is InChI=1S/C15H22N4OS/c1-12(20)18-14-4-2-13(3-5-14)6-7-17-15(16)19-8-10-21-11-9-19/h2-5H,6-11H2,1H3,(H2,16,17)(H,18,20). The number of nitrogens with zero attached hydrogens (tertiary/aromatic N) is 2. The van der Waals surface area contributed by atoms with E-state index < -0.39 is 0 Å². The molecule has 0 radical (unpaired) electrons. The molecule has 1 aliphatic heterocycles. The summed E-state index contributed by atoms with van der Waals surface area (Å²) >= 11 is 1.96. The average Bonchev–Trinajstić information content (AvgIpc) is 2.49. The van der Waals surface area contributed by atoms with E-state index in [1.807, 2.05) is 36.0 Å². The van der Waals surface area contributed by atoms with Crippen molar-refractivity contribution in [2.45, 2.75) is 13.3 Å². The van der Waals surface area contributed by atoms with Crippen LogP contribution in [0.3, 0.4) is 0 Å². The number of guanidine groups is 1. The van der Waals surface area contributed by atoms with Crippen LogP contribution in [0.15, 0.2) is 29.3 Å². The highest BCUT2D eigenvalue weighted by molar-refractivity contribution is 7.99. The van der Waals surface area contributed by atoms with Crippen LogP contribution in [0.1, 0.15) is 12.5 Å². The number of nitrogens with one attached hydrogen (secondary N) is 1. The van der Waals surface area contributed by atoms with Crippen LogP contribution in [0.25, 0.3) is 0 Å². The first-order chi connectivity index (χ1) is 10.1. The molecule has 21 heavy (non-hydrogen) atoms. The Morgan fingerprint density at radius 2 is 2.00 bits per heavy atom. The number of benzene rings is 1. The molecule has 5 nitrogen and oxygen atoms in total. The van der Waals surface area contributed by atoms with Crippen molar-refractivity contribution in [1.82, 2.24) is 4.90 Å². The zero-order valence-electron chi connectivity index (χ0n) is 12.3. The smallest absolute Gasteiger partial charge is 0.221 e. The summed E-state index contributed by atoms with van der Waals surface area (Å²) in [7, 11) is 0. The summed E-state index contributed by atoms with van der Waals surface area (Å²) in [5.74, 6) is 2.85. The van der Waals surface area contributed by atoms with Crippen LogP contribution < -0.4 is 11.1 Å². The Bertz CT molecular complexity index is 495. The molecule has 6 heteroatoms. The minimum absolute atomic E-state index is 0.0557. The molecule has 114 valence electrons. The minimum Gasteiger partial charge on any atom is -0.370 e. The molecule has 1 amide bonds. The lowest BCUT2D eigenvalue weighted by Gasteiger charge is -2.27. The Morgan fingerprint density at radius 1 is 1.33 bits per heavy atom. The SMILES string of the molecule is CC(=O)Nc1ccc(CCN=C(N)N2CCSCC2)cc1. The van der Waals surface area contributed by atoms with E-state index >= 15 is 0 Å². The Kier molecular flexibility index (Phi) is 5.92.